The SMILES string of the molecule is COC[C@H](C)NC(=O)Oc1c[nH]c2ncc(-c3nn(C4COC4)c4cc(F)ccc34)nc12. The van der Waals surface area contributed by atoms with Crippen molar-refractivity contribution in [2.45, 2.75) is 19.0 Å². The summed E-state index contributed by atoms with van der Waals surface area (Å²) >= 11 is 0. The number of hydrogen-bond donors (Lipinski definition) is 2. The van der Waals surface area contributed by atoms with E-state index < -0.39 is 6.09 Å². The van der Waals surface area contributed by atoms with E-state index in [1.54, 1.807) is 31.0 Å². The summed E-state index contributed by atoms with van der Waals surface area (Å²) in [6, 6.07) is 4.33. The maximum absolute atomic E-state index is 13.9. The molecule has 32 heavy (non-hydrogen) atoms. The highest BCUT2D eigenvalue weighted by atomic mass is 19.1. The zero-order valence-corrected chi connectivity index (χ0v) is 17.5. The number of carbonyl (C=O) groups is 1. The van der Waals surface area contributed by atoms with Crippen molar-refractivity contribution in [3.8, 4) is 17.1 Å². The van der Waals surface area contributed by atoms with Gasteiger partial charge in [-0.3, -0.25) is 4.68 Å². The Morgan fingerprint density at radius 1 is 1.44 bits per heavy atom. The monoisotopic (exact) mass is 440 g/mol. The van der Waals surface area contributed by atoms with E-state index in [4.69, 9.17) is 14.2 Å². The van der Waals surface area contributed by atoms with Crippen molar-refractivity contribution in [2.75, 3.05) is 26.9 Å². The van der Waals surface area contributed by atoms with Crippen LogP contribution in [0.1, 0.15) is 13.0 Å². The van der Waals surface area contributed by atoms with Crippen molar-refractivity contribution in [3.05, 3.63) is 36.4 Å². The average Bonchev–Trinajstić information content (AvgIpc) is 3.28. The first kappa shape index (κ1) is 20.3. The fraction of sp³-hybridized carbons (Fsp3) is 0.333. The second-order valence-electron chi connectivity index (χ2n) is 7.64. The lowest BCUT2D eigenvalue weighted by Gasteiger charge is -2.26. The molecule has 1 amide bonds. The highest BCUT2D eigenvalue weighted by Gasteiger charge is 2.26. The van der Waals surface area contributed by atoms with E-state index in [-0.39, 0.29) is 23.7 Å². The second kappa shape index (κ2) is 8.17. The van der Waals surface area contributed by atoms with Gasteiger partial charge in [0.15, 0.2) is 16.9 Å². The first-order valence-corrected chi connectivity index (χ1v) is 10.1. The predicted octanol–water partition coefficient (Wildman–Crippen LogP) is 2.81. The Hall–Kier alpha value is -3.57. The summed E-state index contributed by atoms with van der Waals surface area (Å²) in [6.45, 7) is 3.19. The Balaban J connectivity index is 1.51. The van der Waals surface area contributed by atoms with Crippen LogP contribution in [-0.2, 0) is 9.47 Å². The highest BCUT2D eigenvalue weighted by molar-refractivity contribution is 5.94. The summed E-state index contributed by atoms with van der Waals surface area (Å²) in [5.41, 5.74) is 2.54. The minimum atomic E-state index is -0.627. The van der Waals surface area contributed by atoms with Crippen molar-refractivity contribution in [1.82, 2.24) is 30.0 Å². The molecule has 0 radical (unpaired) electrons. The number of ether oxygens (including phenoxy) is 3. The predicted molar refractivity (Wildman–Crippen MR) is 113 cm³/mol. The molecular weight excluding hydrogens is 419 g/mol. The molecule has 1 saturated heterocycles. The van der Waals surface area contributed by atoms with Crippen molar-refractivity contribution in [3.63, 3.8) is 0 Å². The number of methoxy groups -OCH3 is 1. The molecule has 0 aliphatic carbocycles. The van der Waals surface area contributed by atoms with E-state index in [1.807, 2.05) is 0 Å². The summed E-state index contributed by atoms with van der Waals surface area (Å²) in [4.78, 5) is 24.2. The van der Waals surface area contributed by atoms with Crippen molar-refractivity contribution >= 4 is 28.2 Å². The molecule has 3 aromatic heterocycles. The number of carbonyl (C=O) groups excluding carboxylic acids is 1. The largest absolute Gasteiger partial charge is 0.413 e. The van der Waals surface area contributed by atoms with E-state index >= 15 is 0 Å². The quantitative estimate of drug-likeness (QED) is 0.474. The van der Waals surface area contributed by atoms with E-state index in [9.17, 15) is 9.18 Å². The minimum absolute atomic E-state index is 0.0358. The lowest BCUT2D eigenvalue weighted by molar-refractivity contribution is -0.0265. The number of rotatable bonds is 6. The number of nitrogens with zero attached hydrogens (tertiary/aromatic N) is 4. The van der Waals surface area contributed by atoms with E-state index in [0.29, 0.717) is 47.9 Å². The normalized spacial score (nSPS) is 15.1. The number of fused-ring (bicyclic) bond motifs is 2. The Bertz CT molecular complexity index is 1300. The molecule has 0 spiro atoms. The van der Waals surface area contributed by atoms with Crippen LogP contribution in [0.4, 0.5) is 9.18 Å². The Morgan fingerprint density at radius 3 is 3.03 bits per heavy atom. The molecule has 0 bridgehead atoms. The van der Waals surface area contributed by atoms with Gasteiger partial charge in [0.25, 0.3) is 0 Å². The summed E-state index contributed by atoms with van der Waals surface area (Å²) in [7, 11) is 1.55. The first-order chi connectivity index (χ1) is 15.5. The molecule has 0 unspecified atom stereocenters. The lowest BCUT2D eigenvalue weighted by Crippen LogP contribution is -2.37. The summed E-state index contributed by atoms with van der Waals surface area (Å²) in [5.74, 6) is -0.111. The van der Waals surface area contributed by atoms with Crippen LogP contribution in [0.3, 0.4) is 0 Å². The molecule has 2 N–H and O–H groups in total. The first-order valence-electron chi connectivity index (χ1n) is 10.1. The van der Waals surface area contributed by atoms with Crippen LogP contribution in [0, 0.1) is 5.82 Å². The van der Waals surface area contributed by atoms with Gasteiger partial charge in [0.05, 0.1) is 43.6 Å². The zero-order valence-electron chi connectivity index (χ0n) is 17.5. The number of aromatic nitrogens is 5. The number of nitrogens with one attached hydrogen (secondary N) is 2. The summed E-state index contributed by atoms with van der Waals surface area (Å²) < 4.78 is 31.4. The number of H-pyrrole nitrogens is 1. The molecule has 1 aliphatic rings. The number of aromatic amines is 1. The van der Waals surface area contributed by atoms with Gasteiger partial charge in [0.1, 0.15) is 17.2 Å². The lowest BCUT2D eigenvalue weighted by atomic mass is 10.1. The molecule has 166 valence electrons. The molecule has 11 heteroatoms. The molecule has 4 heterocycles. The average molecular weight is 440 g/mol. The van der Waals surface area contributed by atoms with Crippen LogP contribution in [0.2, 0.25) is 0 Å². The minimum Gasteiger partial charge on any atom is -0.406 e. The number of amides is 1. The molecule has 5 rings (SSSR count). The Labute approximate surface area is 181 Å². The van der Waals surface area contributed by atoms with Crippen LogP contribution in [-0.4, -0.2) is 63.8 Å². The van der Waals surface area contributed by atoms with Crippen LogP contribution in [0.15, 0.2) is 30.6 Å². The third-order valence-electron chi connectivity index (χ3n) is 5.21. The highest BCUT2D eigenvalue weighted by Crippen LogP contribution is 2.32. The topological polar surface area (TPSA) is 116 Å². The fourth-order valence-electron chi connectivity index (χ4n) is 3.62. The van der Waals surface area contributed by atoms with Gasteiger partial charge in [-0.2, -0.15) is 5.10 Å². The maximum Gasteiger partial charge on any atom is 0.413 e. The molecule has 1 aliphatic heterocycles. The fourth-order valence-corrected chi connectivity index (χ4v) is 3.62. The van der Waals surface area contributed by atoms with E-state index in [0.717, 1.165) is 5.39 Å². The van der Waals surface area contributed by atoms with Gasteiger partial charge in [-0.15, -0.1) is 0 Å². The van der Waals surface area contributed by atoms with E-state index in [2.05, 4.69) is 25.4 Å². The van der Waals surface area contributed by atoms with Crippen molar-refractivity contribution < 1.29 is 23.4 Å². The Kier molecular flexibility index (Phi) is 5.19. The zero-order chi connectivity index (χ0) is 22.2. The summed E-state index contributed by atoms with van der Waals surface area (Å²) in [6.07, 6.45) is 2.47. The number of halogens is 1. The van der Waals surface area contributed by atoms with Gasteiger partial charge in [-0.05, 0) is 25.1 Å². The van der Waals surface area contributed by atoms with Crippen LogP contribution < -0.4 is 10.1 Å². The Morgan fingerprint density at radius 2 is 2.28 bits per heavy atom. The van der Waals surface area contributed by atoms with Crippen molar-refractivity contribution in [2.24, 2.45) is 0 Å². The number of hydrogen-bond acceptors (Lipinski definition) is 7. The standard InChI is InChI=1S/C21H21FN6O4/c1-11(8-30-2)25-21(29)32-17-7-24-20-19(17)26-15(6-23-20)18-14-4-3-12(22)5-16(14)28(27-18)13-9-31-10-13/h3-7,11,13H,8-10H2,1-2H3,(H,23,24)(H,25,29)/t11-/m0/s1. The van der Waals surface area contributed by atoms with Crippen LogP contribution >= 0.6 is 0 Å². The second-order valence-corrected chi connectivity index (χ2v) is 7.64. The van der Waals surface area contributed by atoms with Gasteiger partial charge in [0.2, 0.25) is 0 Å². The van der Waals surface area contributed by atoms with Crippen LogP contribution in [0.5, 0.6) is 5.75 Å². The molecule has 10 nitrogen and oxygen atoms in total. The van der Waals surface area contributed by atoms with E-state index in [1.165, 1.54) is 18.3 Å². The number of benzene rings is 1. The smallest absolute Gasteiger partial charge is 0.406 e. The maximum atomic E-state index is 13.9. The molecule has 1 fully saturated rings. The van der Waals surface area contributed by atoms with Gasteiger partial charge < -0.3 is 24.5 Å². The third kappa shape index (κ3) is 3.65. The molecule has 1 atom stereocenters. The van der Waals surface area contributed by atoms with Gasteiger partial charge in [-0.25, -0.2) is 19.2 Å². The molecular formula is C21H21FN6O4. The molecule has 0 saturated carbocycles. The van der Waals surface area contributed by atoms with Crippen molar-refractivity contribution in [1.29, 1.82) is 0 Å². The van der Waals surface area contributed by atoms with Gasteiger partial charge in [0, 0.05) is 18.7 Å². The van der Waals surface area contributed by atoms with Gasteiger partial charge >= 0.3 is 6.09 Å². The molecule has 4 aromatic rings. The van der Waals surface area contributed by atoms with Crippen LogP contribution in [0.25, 0.3) is 33.5 Å². The van der Waals surface area contributed by atoms with Gasteiger partial charge in [-0.1, -0.05) is 0 Å². The summed E-state index contributed by atoms with van der Waals surface area (Å²) in [5, 5.41) is 8.11. The third-order valence-corrected chi connectivity index (χ3v) is 5.21. The molecule has 1 aromatic carbocycles.